The molecule has 0 unspecified atom stereocenters. The highest BCUT2D eigenvalue weighted by Gasteiger charge is 2.08. The second kappa shape index (κ2) is 6.13. The van der Waals surface area contributed by atoms with Crippen molar-refractivity contribution in [3.05, 3.63) is 32.8 Å². The van der Waals surface area contributed by atoms with Crippen molar-refractivity contribution in [2.75, 3.05) is 11.9 Å². The lowest BCUT2D eigenvalue weighted by molar-refractivity contribution is -0.384. The van der Waals surface area contributed by atoms with Crippen LogP contribution >= 0.6 is 15.9 Å². The molecule has 0 spiro atoms. The lowest BCUT2D eigenvalue weighted by Crippen LogP contribution is -2.01. The van der Waals surface area contributed by atoms with Gasteiger partial charge in [0.1, 0.15) is 0 Å². The van der Waals surface area contributed by atoms with Crippen molar-refractivity contribution in [3.63, 3.8) is 0 Å². The molecule has 0 aliphatic carbocycles. The molecule has 0 bridgehead atoms. The minimum atomic E-state index is -0.420. The van der Waals surface area contributed by atoms with Crippen molar-refractivity contribution in [1.29, 1.82) is 0 Å². The number of nitro groups is 1. The number of nitro benzene ring substituents is 1. The van der Waals surface area contributed by atoms with E-state index >= 15 is 0 Å². The van der Waals surface area contributed by atoms with Crippen molar-refractivity contribution < 1.29 is 4.92 Å². The first kappa shape index (κ1) is 12.5. The molecular formula is C11H11BrN2O2. The third kappa shape index (κ3) is 3.55. The molecule has 0 fully saturated rings. The molecule has 84 valence electrons. The van der Waals surface area contributed by atoms with Gasteiger partial charge in [-0.1, -0.05) is 0 Å². The highest BCUT2D eigenvalue weighted by molar-refractivity contribution is 9.10. The summed E-state index contributed by atoms with van der Waals surface area (Å²) in [6.07, 6.45) is 0.750. The van der Waals surface area contributed by atoms with Gasteiger partial charge in [0.15, 0.2) is 0 Å². The molecule has 5 heteroatoms. The van der Waals surface area contributed by atoms with E-state index in [0.29, 0.717) is 4.47 Å². The van der Waals surface area contributed by atoms with Crippen LogP contribution in [0.3, 0.4) is 0 Å². The predicted molar refractivity (Wildman–Crippen MR) is 67.4 cm³/mol. The Bertz CT molecular complexity index is 449. The largest absolute Gasteiger partial charge is 0.383 e. The Balaban J connectivity index is 2.67. The van der Waals surface area contributed by atoms with E-state index in [9.17, 15) is 10.1 Å². The van der Waals surface area contributed by atoms with Crippen molar-refractivity contribution in [3.8, 4) is 11.8 Å². The quantitative estimate of drug-likeness (QED) is 0.399. The molecule has 16 heavy (non-hydrogen) atoms. The topological polar surface area (TPSA) is 55.2 Å². The summed E-state index contributed by atoms with van der Waals surface area (Å²) in [5, 5.41) is 13.7. The lowest BCUT2D eigenvalue weighted by Gasteiger charge is -2.06. The van der Waals surface area contributed by atoms with Crippen LogP contribution in [0.25, 0.3) is 0 Å². The molecule has 1 rings (SSSR count). The van der Waals surface area contributed by atoms with E-state index in [1.807, 2.05) is 0 Å². The van der Waals surface area contributed by atoms with E-state index in [0.717, 1.165) is 18.7 Å². The minimum absolute atomic E-state index is 0.0748. The Morgan fingerprint density at radius 3 is 2.88 bits per heavy atom. The number of anilines is 1. The summed E-state index contributed by atoms with van der Waals surface area (Å²) in [5.41, 5.74) is 0.911. The van der Waals surface area contributed by atoms with Gasteiger partial charge in [-0.05, 0) is 28.9 Å². The standard InChI is InChI=1S/C11H11BrN2O2/c1-2-3-4-7-13-11-6-5-9(14(15)16)8-10(11)12/h5-6,8,13H,4,7H2,1H3. The summed E-state index contributed by atoms with van der Waals surface area (Å²) < 4.78 is 0.686. The van der Waals surface area contributed by atoms with Crippen molar-refractivity contribution >= 4 is 27.3 Å². The van der Waals surface area contributed by atoms with Gasteiger partial charge in [-0.15, -0.1) is 11.8 Å². The zero-order chi connectivity index (χ0) is 12.0. The number of non-ortho nitro benzene ring substituents is 1. The SMILES string of the molecule is CC#CCCNc1ccc([N+](=O)[O-])cc1Br. The molecular weight excluding hydrogens is 272 g/mol. The Kier molecular flexibility index (Phi) is 4.80. The maximum atomic E-state index is 10.5. The van der Waals surface area contributed by atoms with E-state index in [1.165, 1.54) is 12.1 Å². The van der Waals surface area contributed by atoms with Gasteiger partial charge in [0, 0.05) is 35.3 Å². The Morgan fingerprint density at radius 2 is 2.31 bits per heavy atom. The maximum Gasteiger partial charge on any atom is 0.270 e. The number of hydrogen-bond acceptors (Lipinski definition) is 3. The Labute approximate surface area is 102 Å². The Hall–Kier alpha value is -1.54. The maximum absolute atomic E-state index is 10.5. The minimum Gasteiger partial charge on any atom is -0.383 e. The molecule has 1 aromatic rings. The van der Waals surface area contributed by atoms with Crippen LogP contribution in [0.1, 0.15) is 13.3 Å². The van der Waals surface area contributed by atoms with Crippen molar-refractivity contribution in [2.45, 2.75) is 13.3 Å². The third-order valence-corrected chi connectivity index (χ3v) is 2.56. The van der Waals surface area contributed by atoms with E-state index in [2.05, 4.69) is 33.1 Å². The molecule has 0 atom stereocenters. The molecule has 0 radical (unpaired) electrons. The molecule has 0 aliphatic rings. The number of nitrogens with one attached hydrogen (secondary N) is 1. The summed E-state index contributed by atoms with van der Waals surface area (Å²) in [6.45, 7) is 2.51. The summed E-state index contributed by atoms with van der Waals surface area (Å²) in [5.74, 6) is 5.73. The van der Waals surface area contributed by atoms with Gasteiger partial charge in [0.05, 0.1) is 4.92 Å². The van der Waals surface area contributed by atoms with E-state index in [4.69, 9.17) is 0 Å². The second-order valence-electron chi connectivity index (χ2n) is 3.02. The Morgan fingerprint density at radius 1 is 1.56 bits per heavy atom. The van der Waals surface area contributed by atoms with Crippen LogP contribution in [0.2, 0.25) is 0 Å². The van der Waals surface area contributed by atoms with Crippen LogP contribution in [0.5, 0.6) is 0 Å². The summed E-state index contributed by atoms with van der Waals surface area (Å²) in [4.78, 5) is 10.1. The average Bonchev–Trinajstić information content (AvgIpc) is 2.26. The van der Waals surface area contributed by atoms with Crippen LogP contribution < -0.4 is 5.32 Å². The van der Waals surface area contributed by atoms with Gasteiger partial charge in [-0.3, -0.25) is 10.1 Å². The smallest absolute Gasteiger partial charge is 0.270 e. The van der Waals surface area contributed by atoms with Gasteiger partial charge >= 0.3 is 0 Å². The first-order valence-corrected chi connectivity index (χ1v) is 5.52. The monoisotopic (exact) mass is 282 g/mol. The number of benzene rings is 1. The first-order chi connectivity index (χ1) is 7.65. The van der Waals surface area contributed by atoms with Crippen LogP contribution in [-0.4, -0.2) is 11.5 Å². The van der Waals surface area contributed by atoms with Gasteiger partial charge in [0.25, 0.3) is 5.69 Å². The second-order valence-corrected chi connectivity index (χ2v) is 3.88. The van der Waals surface area contributed by atoms with Gasteiger partial charge < -0.3 is 5.32 Å². The van der Waals surface area contributed by atoms with E-state index in [1.54, 1.807) is 13.0 Å². The number of nitrogens with zero attached hydrogens (tertiary/aromatic N) is 1. The van der Waals surface area contributed by atoms with E-state index in [-0.39, 0.29) is 5.69 Å². The van der Waals surface area contributed by atoms with E-state index < -0.39 is 4.92 Å². The lowest BCUT2D eigenvalue weighted by atomic mass is 10.3. The molecule has 0 saturated heterocycles. The summed E-state index contributed by atoms with van der Waals surface area (Å²) in [7, 11) is 0. The van der Waals surface area contributed by atoms with Gasteiger partial charge in [-0.25, -0.2) is 0 Å². The first-order valence-electron chi connectivity index (χ1n) is 4.72. The fourth-order valence-electron chi connectivity index (χ4n) is 1.15. The fraction of sp³-hybridized carbons (Fsp3) is 0.273. The summed E-state index contributed by atoms with van der Waals surface area (Å²) >= 11 is 3.28. The number of hydrogen-bond donors (Lipinski definition) is 1. The molecule has 0 heterocycles. The third-order valence-electron chi connectivity index (χ3n) is 1.91. The number of halogens is 1. The molecule has 1 N–H and O–H groups in total. The number of rotatable bonds is 4. The predicted octanol–water partition coefficient (Wildman–Crippen LogP) is 3.18. The summed E-state index contributed by atoms with van der Waals surface area (Å²) in [6, 6.07) is 4.63. The molecule has 0 saturated carbocycles. The molecule has 1 aromatic carbocycles. The molecule has 0 aromatic heterocycles. The highest BCUT2D eigenvalue weighted by atomic mass is 79.9. The van der Waals surface area contributed by atoms with Crippen LogP contribution in [0, 0.1) is 22.0 Å². The highest BCUT2D eigenvalue weighted by Crippen LogP contribution is 2.26. The zero-order valence-electron chi connectivity index (χ0n) is 8.79. The van der Waals surface area contributed by atoms with Gasteiger partial charge in [0.2, 0.25) is 0 Å². The van der Waals surface area contributed by atoms with Crippen LogP contribution in [0.15, 0.2) is 22.7 Å². The van der Waals surface area contributed by atoms with Crippen molar-refractivity contribution in [1.82, 2.24) is 0 Å². The fourth-order valence-corrected chi connectivity index (χ4v) is 1.65. The molecule has 4 nitrogen and oxygen atoms in total. The van der Waals surface area contributed by atoms with Crippen LogP contribution in [0.4, 0.5) is 11.4 Å². The van der Waals surface area contributed by atoms with Crippen molar-refractivity contribution in [2.24, 2.45) is 0 Å². The van der Waals surface area contributed by atoms with Gasteiger partial charge in [-0.2, -0.15) is 0 Å². The molecule has 0 amide bonds. The average molecular weight is 283 g/mol. The van der Waals surface area contributed by atoms with Crippen LogP contribution in [-0.2, 0) is 0 Å². The normalized spacial score (nSPS) is 9.12. The zero-order valence-corrected chi connectivity index (χ0v) is 10.4. The molecule has 0 aliphatic heterocycles.